The summed E-state index contributed by atoms with van der Waals surface area (Å²) in [5.41, 5.74) is 6.88. The summed E-state index contributed by atoms with van der Waals surface area (Å²) in [5.74, 6) is 0. The normalized spacial score (nSPS) is 13.4. The molecule has 3 rings (SSSR count). The molecule has 1 nitrogen and oxygen atoms in total. The molecule has 0 saturated heterocycles. The van der Waals surface area contributed by atoms with Crippen molar-refractivity contribution in [3.05, 3.63) is 71.8 Å². The van der Waals surface area contributed by atoms with Gasteiger partial charge in [-0.25, -0.2) is 0 Å². The van der Waals surface area contributed by atoms with Crippen molar-refractivity contribution in [2.24, 2.45) is 0 Å². The van der Waals surface area contributed by atoms with Crippen LogP contribution >= 0.6 is 0 Å². The second kappa shape index (κ2) is 8.30. The van der Waals surface area contributed by atoms with E-state index in [2.05, 4.69) is 49.0 Å². The summed E-state index contributed by atoms with van der Waals surface area (Å²) in [4.78, 5) is 0. The summed E-state index contributed by atoms with van der Waals surface area (Å²) in [6.07, 6.45) is 10.4. The van der Waals surface area contributed by atoms with Crippen molar-refractivity contribution in [2.75, 3.05) is 0 Å². The van der Waals surface area contributed by atoms with Crippen molar-refractivity contribution >= 4 is 0 Å². The lowest BCUT2D eigenvalue weighted by Crippen LogP contribution is -2.11. The molecule has 0 aromatic heterocycles. The first kappa shape index (κ1) is 17.0. The van der Waals surface area contributed by atoms with Crippen LogP contribution in [0.15, 0.2) is 55.1 Å². The van der Waals surface area contributed by atoms with Crippen LogP contribution in [-0.4, -0.2) is 11.2 Å². The number of hydrogen-bond acceptors (Lipinski definition) is 1. The van der Waals surface area contributed by atoms with E-state index >= 15 is 0 Å². The molecule has 0 heterocycles. The topological polar surface area (TPSA) is 20.2 Å². The van der Waals surface area contributed by atoms with Gasteiger partial charge in [-0.15, -0.1) is 6.58 Å². The lowest BCUT2D eigenvalue weighted by atomic mass is 9.95. The summed E-state index contributed by atoms with van der Waals surface area (Å²) in [6.45, 7) is 3.76. The Morgan fingerprint density at radius 3 is 2.62 bits per heavy atom. The van der Waals surface area contributed by atoms with Gasteiger partial charge in [0.2, 0.25) is 0 Å². The van der Waals surface area contributed by atoms with Gasteiger partial charge in [0.25, 0.3) is 0 Å². The molecule has 1 atom stereocenters. The minimum absolute atomic E-state index is 0.223. The molecule has 1 aliphatic carbocycles. The number of benzene rings is 2. The number of unbranched alkanes of at least 4 members (excludes halogenated alkanes) is 4. The van der Waals surface area contributed by atoms with Crippen LogP contribution in [0.4, 0.5) is 0 Å². The average molecular weight is 320 g/mol. The molecule has 1 unspecified atom stereocenters. The molecule has 2 aromatic rings. The van der Waals surface area contributed by atoms with E-state index in [1.807, 2.05) is 6.08 Å². The molecule has 0 amide bonds. The van der Waals surface area contributed by atoms with Gasteiger partial charge in [0.15, 0.2) is 0 Å². The molecule has 1 heteroatoms. The van der Waals surface area contributed by atoms with Gasteiger partial charge < -0.3 is 5.11 Å². The predicted octanol–water partition coefficient (Wildman–Crippen LogP) is 5.69. The van der Waals surface area contributed by atoms with E-state index in [1.54, 1.807) is 0 Å². The van der Waals surface area contributed by atoms with Crippen molar-refractivity contribution in [3.8, 4) is 11.1 Å². The van der Waals surface area contributed by atoms with E-state index < -0.39 is 0 Å². The van der Waals surface area contributed by atoms with E-state index in [-0.39, 0.29) is 6.10 Å². The maximum atomic E-state index is 10.4. The maximum Gasteiger partial charge on any atom is 0.0580 e. The van der Waals surface area contributed by atoms with E-state index in [0.29, 0.717) is 0 Å². The summed E-state index contributed by atoms with van der Waals surface area (Å²) >= 11 is 0. The summed E-state index contributed by atoms with van der Waals surface area (Å²) < 4.78 is 0. The maximum absolute atomic E-state index is 10.4. The third-order valence-electron chi connectivity index (χ3n) is 5.10. The average Bonchev–Trinajstić information content (AvgIpc) is 2.98. The van der Waals surface area contributed by atoms with Crippen LogP contribution in [0.5, 0.6) is 0 Å². The monoisotopic (exact) mass is 320 g/mol. The Bertz CT molecular complexity index is 686. The van der Waals surface area contributed by atoms with Crippen molar-refractivity contribution in [1.82, 2.24) is 0 Å². The zero-order chi connectivity index (χ0) is 16.8. The lowest BCUT2D eigenvalue weighted by Gasteiger charge is -2.14. The number of rotatable bonds is 9. The number of hydrogen-bond donors (Lipinski definition) is 1. The van der Waals surface area contributed by atoms with Gasteiger partial charge in [-0.3, -0.25) is 0 Å². The van der Waals surface area contributed by atoms with Gasteiger partial charge in [0.05, 0.1) is 6.10 Å². The van der Waals surface area contributed by atoms with E-state index in [4.69, 9.17) is 0 Å². The molecule has 2 aromatic carbocycles. The van der Waals surface area contributed by atoms with Gasteiger partial charge in [-0.05, 0) is 59.9 Å². The van der Waals surface area contributed by atoms with E-state index in [9.17, 15) is 5.11 Å². The van der Waals surface area contributed by atoms with Crippen molar-refractivity contribution in [1.29, 1.82) is 0 Å². The number of aliphatic hydroxyl groups excluding tert-OH is 1. The van der Waals surface area contributed by atoms with E-state index in [0.717, 1.165) is 32.1 Å². The van der Waals surface area contributed by atoms with Gasteiger partial charge in [0, 0.05) is 0 Å². The van der Waals surface area contributed by atoms with Gasteiger partial charge in [-0.2, -0.15) is 0 Å². The molecule has 0 aliphatic heterocycles. The molecule has 0 fully saturated rings. The van der Waals surface area contributed by atoms with Crippen LogP contribution in [0.2, 0.25) is 0 Å². The summed E-state index contributed by atoms with van der Waals surface area (Å²) in [7, 11) is 0. The second-order valence-electron chi connectivity index (χ2n) is 6.92. The lowest BCUT2D eigenvalue weighted by molar-refractivity contribution is 0.160. The molecule has 24 heavy (non-hydrogen) atoms. The summed E-state index contributed by atoms with van der Waals surface area (Å²) in [5, 5.41) is 10.4. The quantitative estimate of drug-likeness (QED) is 0.397. The largest absolute Gasteiger partial charge is 0.393 e. The zero-order valence-corrected chi connectivity index (χ0v) is 14.5. The van der Waals surface area contributed by atoms with Gasteiger partial charge >= 0.3 is 0 Å². The Kier molecular flexibility index (Phi) is 5.87. The molecule has 1 aliphatic rings. The first-order valence-electron chi connectivity index (χ1n) is 9.27. The number of allylic oxidation sites excluding steroid dienone is 1. The fourth-order valence-electron chi connectivity index (χ4n) is 3.79. The molecule has 0 bridgehead atoms. The first-order chi connectivity index (χ1) is 11.8. The molecule has 0 saturated carbocycles. The minimum Gasteiger partial charge on any atom is -0.393 e. The smallest absolute Gasteiger partial charge is 0.0580 e. The minimum atomic E-state index is -0.223. The Labute approximate surface area is 146 Å². The Balaban J connectivity index is 1.56. The fourth-order valence-corrected chi connectivity index (χ4v) is 3.79. The SMILES string of the molecule is C=CCCCCCCC(O)Cc1cccc2c1Cc1ccccc1-2. The van der Waals surface area contributed by atoms with Crippen LogP contribution in [0.25, 0.3) is 11.1 Å². The van der Waals surface area contributed by atoms with Crippen molar-refractivity contribution in [3.63, 3.8) is 0 Å². The van der Waals surface area contributed by atoms with Crippen molar-refractivity contribution in [2.45, 2.75) is 57.5 Å². The van der Waals surface area contributed by atoms with Crippen molar-refractivity contribution < 1.29 is 5.11 Å². The highest BCUT2D eigenvalue weighted by atomic mass is 16.3. The Morgan fingerprint density at radius 2 is 1.75 bits per heavy atom. The standard InChI is InChI=1S/C23H28O/c1-2-3-4-5-6-7-13-20(24)16-18-12-10-15-22-21-14-9-8-11-19(21)17-23(18)22/h2,8-12,14-15,20,24H,1,3-7,13,16-17H2. The first-order valence-corrected chi connectivity index (χ1v) is 9.27. The number of fused-ring (bicyclic) bond motifs is 3. The Hall–Kier alpha value is -1.86. The molecular weight excluding hydrogens is 292 g/mol. The van der Waals surface area contributed by atoms with Gasteiger partial charge in [-0.1, -0.05) is 67.8 Å². The molecular formula is C23H28O. The molecule has 126 valence electrons. The molecule has 0 spiro atoms. The molecule has 0 radical (unpaired) electrons. The third-order valence-corrected chi connectivity index (χ3v) is 5.10. The van der Waals surface area contributed by atoms with Crippen LogP contribution in [0, 0.1) is 0 Å². The van der Waals surface area contributed by atoms with Crippen LogP contribution in [0.1, 0.15) is 55.2 Å². The van der Waals surface area contributed by atoms with Crippen LogP contribution in [0.3, 0.4) is 0 Å². The second-order valence-corrected chi connectivity index (χ2v) is 6.92. The third kappa shape index (κ3) is 3.96. The summed E-state index contributed by atoms with van der Waals surface area (Å²) in [6, 6.07) is 15.2. The number of aliphatic hydroxyl groups is 1. The fraction of sp³-hybridized carbons (Fsp3) is 0.391. The highest BCUT2D eigenvalue weighted by Crippen LogP contribution is 2.38. The highest BCUT2D eigenvalue weighted by molar-refractivity contribution is 5.77. The van der Waals surface area contributed by atoms with Crippen LogP contribution < -0.4 is 0 Å². The molecule has 1 N–H and O–H groups in total. The predicted molar refractivity (Wildman–Crippen MR) is 102 cm³/mol. The highest BCUT2D eigenvalue weighted by Gasteiger charge is 2.21. The van der Waals surface area contributed by atoms with Gasteiger partial charge in [0.1, 0.15) is 0 Å². The van der Waals surface area contributed by atoms with E-state index in [1.165, 1.54) is 47.1 Å². The zero-order valence-electron chi connectivity index (χ0n) is 14.5. The van der Waals surface area contributed by atoms with Crippen LogP contribution in [-0.2, 0) is 12.8 Å². The Morgan fingerprint density at radius 1 is 0.958 bits per heavy atom.